The first-order chi connectivity index (χ1) is 13.0. The molecule has 5 atom stereocenters. The van der Waals surface area contributed by atoms with Gasteiger partial charge < -0.3 is 4.43 Å². The highest BCUT2D eigenvalue weighted by atomic mass is 28.4. The predicted molar refractivity (Wildman–Crippen MR) is 123 cm³/mol. The largest absolute Gasteiger partial charge is 0.412 e. The van der Waals surface area contributed by atoms with Crippen molar-refractivity contribution in [2.24, 2.45) is 29.1 Å². The van der Waals surface area contributed by atoms with Gasteiger partial charge in [0.1, 0.15) is 5.78 Å². The van der Waals surface area contributed by atoms with Crippen molar-refractivity contribution in [1.82, 2.24) is 0 Å². The van der Waals surface area contributed by atoms with Crippen molar-refractivity contribution in [2.75, 3.05) is 0 Å². The van der Waals surface area contributed by atoms with E-state index < -0.39 is 8.32 Å². The van der Waals surface area contributed by atoms with Crippen molar-refractivity contribution in [3.8, 4) is 0 Å². The Hall–Kier alpha value is -0.153. The molecule has 2 saturated carbocycles. The maximum Gasteiger partial charge on any atom is 0.192 e. The van der Waals surface area contributed by atoms with Crippen LogP contribution in [0, 0.1) is 29.1 Å². The molecule has 0 bridgehead atoms. The van der Waals surface area contributed by atoms with Crippen molar-refractivity contribution >= 4 is 14.1 Å². The average Bonchev–Trinajstić information content (AvgIpc) is 3.02. The van der Waals surface area contributed by atoms with Gasteiger partial charge in [-0.1, -0.05) is 41.5 Å². The fourth-order valence-corrected chi connectivity index (χ4v) is 9.88. The molecule has 0 N–H and O–H groups in total. The van der Waals surface area contributed by atoms with E-state index in [-0.39, 0.29) is 11.0 Å². The van der Waals surface area contributed by atoms with Crippen molar-refractivity contribution in [3.63, 3.8) is 0 Å². The number of ketones is 1. The number of carbonyl (C=O) groups is 1. The third kappa shape index (κ3) is 4.94. The van der Waals surface area contributed by atoms with E-state index in [1.54, 1.807) is 0 Å². The molecule has 2 rings (SSSR count). The molecule has 0 aromatic carbocycles. The Morgan fingerprint density at radius 2 is 1.75 bits per heavy atom. The van der Waals surface area contributed by atoms with Crippen molar-refractivity contribution in [1.29, 1.82) is 0 Å². The van der Waals surface area contributed by atoms with Gasteiger partial charge in [0.15, 0.2) is 8.32 Å². The molecule has 28 heavy (non-hydrogen) atoms. The number of rotatable bonds is 10. The smallest absolute Gasteiger partial charge is 0.192 e. The van der Waals surface area contributed by atoms with Gasteiger partial charge >= 0.3 is 0 Å². The third-order valence-electron chi connectivity index (χ3n) is 9.10. The minimum absolute atomic E-state index is 0.00878. The van der Waals surface area contributed by atoms with Gasteiger partial charge in [-0.05, 0) is 93.7 Å². The topological polar surface area (TPSA) is 26.3 Å². The summed E-state index contributed by atoms with van der Waals surface area (Å²) in [6.07, 6.45) is 8.00. The summed E-state index contributed by atoms with van der Waals surface area (Å²) in [5.74, 6) is 3.02. The van der Waals surface area contributed by atoms with Gasteiger partial charge in [-0.3, -0.25) is 4.79 Å². The molecule has 0 radical (unpaired) electrons. The van der Waals surface area contributed by atoms with Gasteiger partial charge in [0.25, 0.3) is 0 Å². The molecule has 0 spiro atoms. The third-order valence-corrected chi connectivity index (χ3v) is 13.9. The maximum absolute atomic E-state index is 12.5. The van der Waals surface area contributed by atoms with Crippen LogP contribution in [0.1, 0.15) is 100 Å². The highest BCUT2D eigenvalue weighted by molar-refractivity contribution is 6.73. The fraction of sp³-hybridized carbons (Fsp3) is 0.960. The summed E-state index contributed by atoms with van der Waals surface area (Å²) in [5.41, 5.74) is 0.259. The lowest BCUT2D eigenvalue weighted by Crippen LogP contribution is -2.44. The summed E-state index contributed by atoms with van der Waals surface area (Å²) in [7, 11) is -1.56. The lowest BCUT2D eigenvalue weighted by atomic mass is 9.60. The number of hydrogen-bond donors (Lipinski definition) is 0. The van der Waals surface area contributed by atoms with Crippen LogP contribution in [0.2, 0.25) is 18.1 Å². The maximum atomic E-state index is 12.5. The van der Waals surface area contributed by atoms with Gasteiger partial charge in [0.2, 0.25) is 0 Å². The first-order valence-electron chi connectivity index (χ1n) is 12.3. The Kier molecular flexibility index (Phi) is 8.04. The second-order valence-corrected chi connectivity index (χ2v) is 15.7. The summed E-state index contributed by atoms with van der Waals surface area (Å²) >= 11 is 0. The van der Waals surface area contributed by atoms with Gasteiger partial charge in [0, 0.05) is 12.3 Å². The van der Waals surface area contributed by atoms with Gasteiger partial charge in [0.05, 0.1) is 5.60 Å². The van der Waals surface area contributed by atoms with Crippen molar-refractivity contribution in [3.05, 3.63) is 0 Å². The van der Waals surface area contributed by atoms with Crippen molar-refractivity contribution in [2.45, 2.75) is 124 Å². The summed E-state index contributed by atoms with van der Waals surface area (Å²) in [5, 5.41) is 0. The van der Waals surface area contributed by atoms with E-state index in [1.165, 1.54) is 37.4 Å². The summed E-state index contributed by atoms with van der Waals surface area (Å²) < 4.78 is 6.84. The highest BCUT2D eigenvalue weighted by Gasteiger charge is 2.52. The first-order valence-corrected chi connectivity index (χ1v) is 14.8. The Morgan fingerprint density at radius 3 is 2.32 bits per heavy atom. The molecule has 164 valence electrons. The number of Topliss-reactive ketones (excluding diaryl/α,β-unsaturated/α-hetero) is 1. The first kappa shape index (κ1) is 24.1. The van der Waals surface area contributed by atoms with Crippen LogP contribution in [0.4, 0.5) is 0 Å². The summed E-state index contributed by atoms with van der Waals surface area (Å²) in [6, 6.07) is 3.68. The Bertz CT molecular complexity index is 516. The summed E-state index contributed by atoms with van der Waals surface area (Å²) in [4.78, 5) is 12.5. The molecule has 0 unspecified atom stereocenters. The van der Waals surface area contributed by atoms with Crippen molar-refractivity contribution < 1.29 is 9.22 Å². The van der Waals surface area contributed by atoms with Crippen LogP contribution in [-0.4, -0.2) is 19.7 Å². The molecule has 0 aromatic rings. The van der Waals surface area contributed by atoms with E-state index in [0.717, 1.165) is 31.6 Å². The average molecular weight is 409 g/mol. The molecule has 3 heteroatoms. The molecule has 0 aliphatic heterocycles. The number of carbonyl (C=O) groups excluding carboxylic acids is 1. The van der Waals surface area contributed by atoms with Crippen LogP contribution in [0.15, 0.2) is 0 Å². The molecule has 2 aliphatic carbocycles. The van der Waals surface area contributed by atoms with Crippen LogP contribution in [0.25, 0.3) is 0 Å². The second-order valence-electron chi connectivity index (χ2n) is 11.0. The molecular formula is C25H48O2Si. The van der Waals surface area contributed by atoms with Gasteiger partial charge in [-0.15, -0.1) is 0 Å². The zero-order valence-electron chi connectivity index (χ0n) is 20.2. The van der Waals surface area contributed by atoms with Crippen LogP contribution in [0.3, 0.4) is 0 Å². The molecule has 0 amide bonds. The predicted octanol–water partition coefficient (Wildman–Crippen LogP) is 7.62. The van der Waals surface area contributed by atoms with Crippen LogP contribution in [-0.2, 0) is 9.22 Å². The molecular weight excluding hydrogens is 360 g/mol. The van der Waals surface area contributed by atoms with E-state index in [1.807, 2.05) is 0 Å². The highest BCUT2D eigenvalue weighted by Crippen LogP contribution is 2.57. The molecule has 2 aliphatic rings. The number of fused-ring (bicyclic) bond motifs is 1. The van der Waals surface area contributed by atoms with Crippen LogP contribution in [0.5, 0.6) is 0 Å². The Labute approximate surface area is 176 Å². The zero-order valence-corrected chi connectivity index (χ0v) is 21.2. The lowest BCUT2D eigenvalue weighted by Gasteiger charge is -2.44. The second kappa shape index (κ2) is 9.33. The normalized spacial score (nSPS) is 30.9. The monoisotopic (exact) mass is 408 g/mol. The molecule has 2 nitrogen and oxygen atoms in total. The minimum atomic E-state index is -1.56. The summed E-state index contributed by atoms with van der Waals surface area (Å²) in [6.45, 7) is 19.0. The SMILES string of the molecule is CC[Si](CC)(CC)OC(C)(C)CC[C@H](C)[C@@H](C)[C@H]1CC[C@H]2C(=O)CCC[C@]12C. The van der Waals surface area contributed by atoms with E-state index in [9.17, 15) is 4.79 Å². The van der Waals surface area contributed by atoms with E-state index in [4.69, 9.17) is 4.43 Å². The standard InChI is InChI=1S/C25H48O2Si/c1-9-28(10-2,11-3)27-24(6,7)18-16-19(4)20(5)21-14-15-22-23(26)13-12-17-25(21,22)8/h19-22H,9-18H2,1-8H3/t19-,20+,21+,22-,25+/m0/s1. The molecule has 0 aromatic heterocycles. The van der Waals surface area contributed by atoms with Gasteiger partial charge in [-0.25, -0.2) is 0 Å². The Balaban J connectivity index is 1.97. The zero-order chi connectivity index (χ0) is 21.2. The quantitative estimate of drug-likeness (QED) is 0.347. The van der Waals surface area contributed by atoms with E-state index >= 15 is 0 Å². The van der Waals surface area contributed by atoms with E-state index in [2.05, 4.69) is 55.4 Å². The van der Waals surface area contributed by atoms with Crippen LogP contribution < -0.4 is 0 Å². The fourth-order valence-electron chi connectivity index (χ4n) is 6.67. The van der Waals surface area contributed by atoms with Gasteiger partial charge in [-0.2, -0.15) is 0 Å². The molecule has 0 heterocycles. The molecule has 0 saturated heterocycles. The van der Waals surface area contributed by atoms with Crippen LogP contribution >= 0.6 is 0 Å². The minimum Gasteiger partial charge on any atom is -0.412 e. The van der Waals surface area contributed by atoms with E-state index in [0.29, 0.717) is 23.5 Å². The Morgan fingerprint density at radius 1 is 1.14 bits per heavy atom. The molecule has 2 fully saturated rings. The number of hydrogen-bond acceptors (Lipinski definition) is 2. The lowest BCUT2D eigenvalue weighted by molar-refractivity contribution is -0.130.